The van der Waals surface area contributed by atoms with Crippen LogP contribution in [0.1, 0.15) is 30.5 Å². The summed E-state index contributed by atoms with van der Waals surface area (Å²) in [5, 5.41) is 0. The number of anilines is 2. The molecule has 4 rings (SSSR count). The summed E-state index contributed by atoms with van der Waals surface area (Å²) < 4.78 is 0. The molecule has 1 aromatic carbocycles. The van der Waals surface area contributed by atoms with E-state index in [2.05, 4.69) is 20.9 Å². The molecule has 6 heteroatoms. The highest BCUT2D eigenvalue weighted by molar-refractivity contribution is 5.91. The highest BCUT2D eigenvalue weighted by Crippen LogP contribution is 2.22. The predicted molar refractivity (Wildman–Crippen MR) is 117 cm³/mol. The van der Waals surface area contributed by atoms with Crippen molar-refractivity contribution in [1.82, 2.24) is 14.9 Å². The summed E-state index contributed by atoms with van der Waals surface area (Å²) in [5.74, 6) is 1.89. The van der Waals surface area contributed by atoms with Gasteiger partial charge in [0.2, 0.25) is 11.9 Å². The topological polar surface area (TPSA) is 52.6 Å². The second-order valence-corrected chi connectivity index (χ2v) is 7.77. The smallest absolute Gasteiger partial charge is 0.246 e. The number of hydrogen-bond donors (Lipinski definition) is 0. The molecule has 0 atom stereocenters. The number of carbonyl (C=O) groups is 1. The van der Waals surface area contributed by atoms with Crippen LogP contribution in [0, 0.1) is 6.92 Å². The van der Waals surface area contributed by atoms with Crippen LogP contribution in [-0.2, 0) is 4.79 Å². The Hall–Kier alpha value is -2.89. The molecule has 2 aliphatic heterocycles. The van der Waals surface area contributed by atoms with Crippen molar-refractivity contribution in [1.29, 1.82) is 0 Å². The highest BCUT2D eigenvalue weighted by Gasteiger charge is 2.23. The van der Waals surface area contributed by atoms with Gasteiger partial charge in [-0.05, 0) is 37.8 Å². The zero-order chi connectivity index (χ0) is 20.1. The van der Waals surface area contributed by atoms with E-state index in [1.54, 1.807) is 6.08 Å². The van der Waals surface area contributed by atoms with E-state index in [1.165, 1.54) is 19.3 Å². The van der Waals surface area contributed by atoms with Gasteiger partial charge in [-0.3, -0.25) is 4.79 Å². The van der Waals surface area contributed by atoms with Crippen LogP contribution in [0.3, 0.4) is 0 Å². The third-order valence-electron chi connectivity index (χ3n) is 5.60. The molecule has 2 fully saturated rings. The summed E-state index contributed by atoms with van der Waals surface area (Å²) >= 11 is 0. The lowest BCUT2D eigenvalue weighted by molar-refractivity contribution is -0.126. The zero-order valence-corrected chi connectivity index (χ0v) is 17.1. The summed E-state index contributed by atoms with van der Waals surface area (Å²) in [4.78, 5) is 28.5. The van der Waals surface area contributed by atoms with E-state index in [9.17, 15) is 4.79 Å². The summed E-state index contributed by atoms with van der Waals surface area (Å²) in [6.07, 6.45) is 7.32. The van der Waals surface area contributed by atoms with Crippen LogP contribution in [0.5, 0.6) is 0 Å². The zero-order valence-electron chi connectivity index (χ0n) is 17.1. The predicted octanol–water partition coefficient (Wildman–Crippen LogP) is 3.14. The number of benzene rings is 1. The summed E-state index contributed by atoms with van der Waals surface area (Å²) in [6, 6.07) is 12.0. The van der Waals surface area contributed by atoms with Crippen molar-refractivity contribution < 1.29 is 4.79 Å². The van der Waals surface area contributed by atoms with Crippen LogP contribution in [0.4, 0.5) is 11.8 Å². The molecule has 3 heterocycles. The lowest BCUT2D eigenvalue weighted by Crippen LogP contribution is -2.49. The lowest BCUT2D eigenvalue weighted by Gasteiger charge is -2.35. The van der Waals surface area contributed by atoms with E-state index in [0.29, 0.717) is 13.1 Å². The van der Waals surface area contributed by atoms with Crippen molar-refractivity contribution in [3.8, 4) is 0 Å². The second kappa shape index (κ2) is 9.07. The first-order valence-corrected chi connectivity index (χ1v) is 10.6. The van der Waals surface area contributed by atoms with E-state index >= 15 is 0 Å². The third kappa shape index (κ3) is 4.94. The van der Waals surface area contributed by atoms with E-state index in [4.69, 9.17) is 4.98 Å². The molecule has 0 spiro atoms. The third-order valence-corrected chi connectivity index (χ3v) is 5.60. The van der Waals surface area contributed by atoms with Crippen molar-refractivity contribution in [2.75, 3.05) is 49.1 Å². The van der Waals surface area contributed by atoms with E-state index in [1.807, 2.05) is 48.2 Å². The number of rotatable bonds is 4. The summed E-state index contributed by atoms with van der Waals surface area (Å²) in [6.45, 7) is 7.08. The Balaban J connectivity index is 1.37. The number of piperazine rings is 1. The maximum Gasteiger partial charge on any atom is 0.246 e. The Labute approximate surface area is 172 Å². The molecule has 0 unspecified atom stereocenters. The van der Waals surface area contributed by atoms with Gasteiger partial charge in [-0.15, -0.1) is 0 Å². The molecule has 0 N–H and O–H groups in total. The van der Waals surface area contributed by atoms with Gasteiger partial charge in [0.25, 0.3) is 0 Å². The number of amides is 1. The van der Waals surface area contributed by atoms with Gasteiger partial charge < -0.3 is 14.7 Å². The summed E-state index contributed by atoms with van der Waals surface area (Å²) in [7, 11) is 0. The molecular weight excluding hydrogens is 362 g/mol. The maximum absolute atomic E-state index is 12.5. The Bertz CT molecular complexity index is 853. The fraction of sp³-hybridized carbons (Fsp3) is 0.435. The standard InChI is InChI=1S/C23H29N5O/c1-19-18-21(26-12-6-3-7-13-26)25-23(24-19)28-16-14-27(15-17-28)22(29)11-10-20-8-4-2-5-9-20/h2,4-5,8-11,18H,3,6-7,12-17H2,1H3/b11-10+. The van der Waals surface area contributed by atoms with Crippen LogP contribution in [0.2, 0.25) is 0 Å². The molecular formula is C23H29N5O. The minimum Gasteiger partial charge on any atom is -0.356 e. The van der Waals surface area contributed by atoms with Gasteiger partial charge in [0.05, 0.1) is 0 Å². The number of carbonyl (C=O) groups excluding carboxylic acids is 1. The molecule has 0 radical (unpaired) electrons. The van der Waals surface area contributed by atoms with Crippen molar-refractivity contribution in [2.45, 2.75) is 26.2 Å². The molecule has 152 valence electrons. The monoisotopic (exact) mass is 391 g/mol. The first-order valence-electron chi connectivity index (χ1n) is 10.6. The van der Waals surface area contributed by atoms with Crippen LogP contribution in [-0.4, -0.2) is 60.0 Å². The molecule has 2 aliphatic rings. The van der Waals surface area contributed by atoms with Crippen molar-refractivity contribution in [3.63, 3.8) is 0 Å². The molecule has 2 aromatic rings. The van der Waals surface area contributed by atoms with Crippen molar-refractivity contribution in [2.24, 2.45) is 0 Å². The van der Waals surface area contributed by atoms with Crippen LogP contribution >= 0.6 is 0 Å². The van der Waals surface area contributed by atoms with Gasteiger partial charge >= 0.3 is 0 Å². The normalized spacial score (nSPS) is 17.8. The van der Waals surface area contributed by atoms with E-state index in [0.717, 1.165) is 49.2 Å². The highest BCUT2D eigenvalue weighted by atomic mass is 16.2. The molecule has 0 aliphatic carbocycles. The molecule has 6 nitrogen and oxygen atoms in total. The molecule has 0 saturated carbocycles. The van der Waals surface area contributed by atoms with Gasteiger partial charge in [-0.1, -0.05) is 30.3 Å². The Morgan fingerprint density at radius 2 is 1.62 bits per heavy atom. The average molecular weight is 392 g/mol. The molecule has 2 saturated heterocycles. The largest absolute Gasteiger partial charge is 0.356 e. The molecule has 1 aromatic heterocycles. The van der Waals surface area contributed by atoms with Gasteiger partial charge in [0.1, 0.15) is 5.82 Å². The molecule has 29 heavy (non-hydrogen) atoms. The first kappa shape index (κ1) is 19.4. The second-order valence-electron chi connectivity index (χ2n) is 7.77. The Kier molecular flexibility index (Phi) is 6.08. The van der Waals surface area contributed by atoms with Gasteiger partial charge in [-0.2, -0.15) is 4.98 Å². The van der Waals surface area contributed by atoms with Crippen molar-refractivity contribution >= 4 is 23.7 Å². The first-order chi connectivity index (χ1) is 14.2. The van der Waals surface area contributed by atoms with Crippen LogP contribution in [0.25, 0.3) is 6.08 Å². The Morgan fingerprint density at radius 3 is 2.34 bits per heavy atom. The van der Waals surface area contributed by atoms with Crippen LogP contribution in [0.15, 0.2) is 42.5 Å². The Morgan fingerprint density at radius 1 is 0.897 bits per heavy atom. The van der Waals surface area contributed by atoms with E-state index < -0.39 is 0 Å². The van der Waals surface area contributed by atoms with Gasteiger partial charge in [-0.25, -0.2) is 4.98 Å². The SMILES string of the molecule is Cc1cc(N2CCCCC2)nc(N2CCN(C(=O)/C=C/c3ccccc3)CC2)n1. The minimum absolute atomic E-state index is 0.0627. The number of nitrogens with zero attached hydrogens (tertiary/aromatic N) is 5. The van der Waals surface area contributed by atoms with Gasteiger partial charge in [0.15, 0.2) is 0 Å². The van der Waals surface area contributed by atoms with Gasteiger partial charge in [0, 0.05) is 57.1 Å². The number of hydrogen-bond acceptors (Lipinski definition) is 5. The van der Waals surface area contributed by atoms with Crippen molar-refractivity contribution in [3.05, 3.63) is 53.7 Å². The average Bonchev–Trinajstić information content (AvgIpc) is 2.78. The molecule has 1 amide bonds. The fourth-order valence-electron chi connectivity index (χ4n) is 3.93. The lowest BCUT2D eigenvalue weighted by atomic mass is 10.1. The maximum atomic E-state index is 12.5. The molecule has 0 bridgehead atoms. The number of piperidine rings is 1. The quantitative estimate of drug-likeness (QED) is 0.750. The number of aromatic nitrogens is 2. The number of aryl methyl sites for hydroxylation is 1. The minimum atomic E-state index is 0.0627. The van der Waals surface area contributed by atoms with E-state index in [-0.39, 0.29) is 5.91 Å². The fourth-order valence-corrected chi connectivity index (χ4v) is 3.93. The summed E-state index contributed by atoms with van der Waals surface area (Å²) in [5.41, 5.74) is 2.04. The van der Waals surface area contributed by atoms with Crippen LogP contribution < -0.4 is 9.80 Å².